The Bertz CT molecular complexity index is 1100. The minimum absolute atomic E-state index is 0.0108. The average Bonchev–Trinajstić information content (AvgIpc) is 2.83. The number of nitrogens with zero attached hydrogens (tertiary/aromatic N) is 1. The third-order valence-corrected chi connectivity index (χ3v) is 5.92. The van der Waals surface area contributed by atoms with Crippen LogP contribution in [0.3, 0.4) is 0 Å². The molecule has 0 radical (unpaired) electrons. The van der Waals surface area contributed by atoms with Gasteiger partial charge in [-0.25, -0.2) is 4.39 Å². The molecule has 0 saturated carbocycles. The first kappa shape index (κ1) is 25.4. The predicted octanol–water partition coefficient (Wildman–Crippen LogP) is 5.43. The molecule has 4 nitrogen and oxygen atoms in total. The maximum absolute atomic E-state index is 14.6. The molecule has 0 spiro atoms. The third-order valence-electron chi connectivity index (χ3n) is 5.55. The quantitative estimate of drug-likeness (QED) is 0.420. The van der Waals surface area contributed by atoms with E-state index in [1.807, 2.05) is 50.2 Å². The summed E-state index contributed by atoms with van der Waals surface area (Å²) in [6.07, 6.45) is 0.324. The van der Waals surface area contributed by atoms with Crippen molar-refractivity contribution < 1.29 is 14.0 Å². The normalized spacial score (nSPS) is 11.8. The van der Waals surface area contributed by atoms with Crippen molar-refractivity contribution in [3.05, 3.63) is 106 Å². The molecule has 3 aromatic rings. The topological polar surface area (TPSA) is 49.4 Å². The molecule has 34 heavy (non-hydrogen) atoms. The van der Waals surface area contributed by atoms with Crippen LogP contribution in [-0.4, -0.2) is 29.3 Å². The summed E-state index contributed by atoms with van der Waals surface area (Å²) in [6.45, 7) is 4.47. The number of carbonyl (C=O) groups excluding carboxylic acids is 2. The minimum Gasteiger partial charge on any atom is -0.354 e. The van der Waals surface area contributed by atoms with Crippen molar-refractivity contribution in [3.8, 4) is 0 Å². The number of rotatable bonds is 10. The molecule has 0 aliphatic carbocycles. The van der Waals surface area contributed by atoms with Crippen molar-refractivity contribution in [3.63, 3.8) is 0 Å². The van der Waals surface area contributed by atoms with Gasteiger partial charge in [-0.05, 0) is 29.2 Å². The first-order valence-electron chi connectivity index (χ1n) is 11.4. The van der Waals surface area contributed by atoms with Gasteiger partial charge < -0.3 is 10.2 Å². The van der Waals surface area contributed by atoms with E-state index >= 15 is 0 Å². The van der Waals surface area contributed by atoms with Crippen molar-refractivity contribution >= 4 is 23.4 Å². The Morgan fingerprint density at radius 2 is 1.53 bits per heavy atom. The molecule has 1 N–H and O–H groups in total. The summed E-state index contributed by atoms with van der Waals surface area (Å²) in [6, 6.07) is 22.2. The molecule has 2 amide bonds. The zero-order valence-corrected chi connectivity index (χ0v) is 20.3. The number of benzene rings is 3. The number of nitrogens with one attached hydrogen (secondary N) is 1. The van der Waals surface area contributed by atoms with E-state index in [0.29, 0.717) is 29.1 Å². The lowest BCUT2D eigenvalue weighted by Gasteiger charge is -2.32. The van der Waals surface area contributed by atoms with Crippen LogP contribution in [0.1, 0.15) is 30.5 Å². The van der Waals surface area contributed by atoms with Crippen LogP contribution in [0, 0.1) is 11.7 Å². The molecule has 3 aromatic carbocycles. The standard InChI is InChI=1S/C28H30ClFN2O2/c1-20(2)18-31-28(34)26(16-21-10-4-3-5-11-21)32(19-23-13-7-9-15-25(23)30)27(33)17-22-12-6-8-14-24(22)29/h3-15,20,26H,16-19H2,1-2H3,(H,31,34). The second kappa shape index (κ2) is 12.3. The predicted molar refractivity (Wildman–Crippen MR) is 134 cm³/mol. The Kier molecular flexibility index (Phi) is 9.23. The van der Waals surface area contributed by atoms with Gasteiger partial charge in [-0.2, -0.15) is 0 Å². The van der Waals surface area contributed by atoms with E-state index in [1.165, 1.54) is 11.0 Å². The molecular weight excluding hydrogens is 451 g/mol. The Morgan fingerprint density at radius 1 is 0.912 bits per heavy atom. The number of amides is 2. The van der Waals surface area contributed by atoms with Crippen molar-refractivity contribution in [1.29, 1.82) is 0 Å². The fourth-order valence-corrected chi connectivity index (χ4v) is 3.90. The Labute approximate surface area is 205 Å². The van der Waals surface area contributed by atoms with E-state index in [2.05, 4.69) is 5.32 Å². The van der Waals surface area contributed by atoms with Crippen molar-refractivity contribution in [2.45, 2.75) is 39.3 Å². The van der Waals surface area contributed by atoms with Crippen LogP contribution in [0.25, 0.3) is 0 Å². The lowest BCUT2D eigenvalue weighted by atomic mass is 10.0. The zero-order valence-electron chi connectivity index (χ0n) is 19.5. The molecule has 1 atom stereocenters. The molecule has 0 saturated heterocycles. The molecular formula is C28H30ClFN2O2. The summed E-state index contributed by atoms with van der Waals surface area (Å²) in [5, 5.41) is 3.44. The largest absolute Gasteiger partial charge is 0.354 e. The summed E-state index contributed by atoms with van der Waals surface area (Å²) in [4.78, 5) is 28.5. The maximum atomic E-state index is 14.6. The molecule has 0 aliphatic heterocycles. The van der Waals surface area contributed by atoms with Gasteiger partial charge >= 0.3 is 0 Å². The highest BCUT2D eigenvalue weighted by Gasteiger charge is 2.31. The van der Waals surface area contributed by atoms with Gasteiger partial charge in [0.25, 0.3) is 0 Å². The monoisotopic (exact) mass is 480 g/mol. The minimum atomic E-state index is -0.809. The third kappa shape index (κ3) is 7.16. The van der Waals surface area contributed by atoms with Gasteiger partial charge in [0.1, 0.15) is 11.9 Å². The van der Waals surface area contributed by atoms with Gasteiger partial charge in [0.05, 0.1) is 6.42 Å². The van der Waals surface area contributed by atoms with E-state index in [1.54, 1.807) is 36.4 Å². The summed E-state index contributed by atoms with van der Waals surface area (Å²) in [5.74, 6) is -0.724. The molecule has 1 unspecified atom stereocenters. The highest BCUT2D eigenvalue weighted by atomic mass is 35.5. The molecule has 6 heteroatoms. The van der Waals surface area contributed by atoms with Gasteiger partial charge in [-0.15, -0.1) is 0 Å². The number of halogens is 2. The van der Waals surface area contributed by atoms with Crippen molar-refractivity contribution in [2.24, 2.45) is 5.92 Å². The molecule has 0 bridgehead atoms. The molecule has 0 heterocycles. The van der Waals surface area contributed by atoms with Crippen LogP contribution < -0.4 is 5.32 Å². The van der Waals surface area contributed by atoms with Crippen LogP contribution in [0.5, 0.6) is 0 Å². The average molecular weight is 481 g/mol. The van der Waals surface area contributed by atoms with Gasteiger partial charge in [-0.1, -0.05) is 92.2 Å². The lowest BCUT2D eigenvalue weighted by molar-refractivity contribution is -0.140. The SMILES string of the molecule is CC(C)CNC(=O)C(Cc1ccccc1)N(Cc1ccccc1F)C(=O)Cc1ccccc1Cl. The zero-order chi connectivity index (χ0) is 24.5. The number of hydrogen-bond acceptors (Lipinski definition) is 2. The fraction of sp³-hybridized carbons (Fsp3) is 0.286. The van der Waals surface area contributed by atoms with E-state index in [4.69, 9.17) is 11.6 Å². The maximum Gasteiger partial charge on any atom is 0.243 e. The Hall–Kier alpha value is -3.18. The molecule has 3 rings (SSSR count). The van der Waals surface area contributed by atoms with Crippen LogP contribution in [0.2, 0.25) is 5.02 Å². The summed E-state index contributed by atoms with van der Waals surface area (Å²) in [5.41, 5.74) is 1.93. The number of hydrogen-bond donors (Lipinski definition) is 1. The summed E-state index contributed by atoms with van der Waals surface area (Å²) in [7, 11) is 0. The first-order chi connectivity index (χ1) is 16.3. The van der Waals surface area contributed by atoms with Gasteiger partial charge in [-0.3, -0.25) is 9.59 Å². The van der Waals surface area contributed by atoms with E-state index < -0.39 is 11.9 Å². The fourth-order valence-electron chi connectivity index (χ4n) is 3.69. The van der Waals surface area contributed by atoms with Crippen molar-refractivity contribution in [1.82, 2.24) is 10.2 Å². The smallest absolute Gasteiger partial charge is 0.243 e. The van der Waals surface area contributed by atoms with Gasteiger partial charge in [0, 0.05) is 30.1 Å². The second-order valence-corrected chi connectivity index (χ2v) is 9.13. The molecule has 0 fully saturated rings. The summed E-state index contributed by atoms with van der Waals surface area (Å²) >= 11 is 6.30. The Balaban J connectivity index is 1.98. The lowest BCUT2D eigenvalue weighted by Crippen LogP contribution is -2.51. The first-order valence-corrected chi connectivity index (χ1v) is 11.8. The van der Waals surface area contributed by atoms with E-state index in [0.717, 1.165) is 5.56 Å². The van der Waals surface area contributed by atoms with Crippen LogP contribution in [-0.2, 0) is 29.0 Å². The van der Waals surface area contributed by atoms with Crippen LogP contribution >= 0.6 is 11.6 Å². The van der Waals surface area contributed by atoms with Gasteiger partial charge in [0.15, 0.2) is 0 Å². The summed E-state index contributed by atoms with van der Waals surface area (Å²) < 4.78 is 14.6. The molecule has 178 valence electrons. The highest BCUT2D eigenvalue weighted by Crippen LogP contribution is 2.21. The number of carbonyl (C=O) groups is 2. The second-order valence-electron chi connectivity index (χ2n) is 8.73. The molecule has 0 aliphatic rings. The van der Waals surface area contributed by atoms with Crippen LogP contribution in [0.15, 0.2) is 78.9 Å². The van der Waals surface area contributed by atoms with E-state index in [-0.39, 0.29) is 30.7 Å². The Morgan fingerprint density at radius 3 is 2.18 bits per heavy atom. The van der Waals surface area contributed by atoms with Crippen molar-refractivity contribution in [2.75, 3.05) is 6.54 Å². The van der Waals surface area contributed by atoms with Crippen LogP contribution in [0.4, 0.5) is 4.39 Å². The van der Waals surface area contributed by atoms with Gasteiger partial charge in [0.2, 0.25) is 11.8 Å². The van der Waals surface area contributed by atoms with E-state index in [9.17, 15) is 14.0 Å². The molecule has 0 aromatic heterocycles. The highest BCUT2D eigenvalue weighted by molar-refractivity contribution is 6.31.